The maximum absolute atomic E-state index is 12.0. The lowest BCUT2D eigenvalue weighted by Gasteiger charge is -2.18. The minimum atomic E-state index is -1.27. The highest BCUT2D eigenvalue weighted by atomic mass is 35.5. The topological polar surface area (TPSA) is 89.1 Å². The molecule has 1 atom stereocenters. The molecule has 1 rings (SSSR count). The molecule has 0 saturated heterocycles. The number of nitrogens with zero attached hydrogens (tertiary/aromatic N) is 1. The molecule has 0 fully saturated rings. The summed E-state index contributed by atoms with van der Waals surface area (Å²) >= 11 is 11.8. The van der Waals surface area contributed by atoms with Crippen LogP contribution in [0, 0.1) is 0 Å². The van der Waals surface area contributed by atoms with Crippen molar-refractivity contribution in [2.45, 2.75) is 12.5 Å². The molecule has 0 aliphatic carbocycles. The van der Waals surface area contributed by atoms with E-state index in [1.165, 1.54) is 0 Å². The van der Waals surface area contributed by atoms with E-state index in [1.807, 2.05) is 19.0 Å². The number of aliphatic carboxylic acids is 1. The number of carboxylic acid groups (broad SMARTS) is 1. The van der Waals surface area contributed by atoms with Crippen molar-refractivity contribution in [3.63, 3.8) is 0 Å². The van der Waals surface area contributed by atoms with Crippen LogP contribution in [0.2, 0.25) is 10.0 Å². The van der Waals surface area contributed by atoms with Crippen molar-refractivity contribution >= 4 is 40.8 Å². The Morgan fingerprint density at radius 2 is 2.05 bits per heavy atom. The molecule has 0 spiro atoms. The van der Waals surface area contributed by atoms with Gasteiger partial charge in [0.25, 0.3) is 0 Å². The third kappa shape index (κ3) is 6.19. The van der Waals surface area contributed by atoms with E-state index in [2.05, 4.69) is 5.32 Å². The molecule has 0 aromatic heterocycles. The maximum Gasteiger partial charge on any atom is 0.230 e. The SMILES string of the molecule is CN(C)CC[NH2+][C@@H](CC(=O)Nc1cccc(Cl)c1Cl)C(=O)[O-]. The Morgan fingerprint density at radius 1 is 1.36 bits per heavy atom. The van der Waals surface area contributed by atoms with Crippen LogP contribution >= 0.6 is 23.2 Å². The van der Waals surface area contributed by atoms with Gasteiger partial charge in [-0.3, -0.25) is 4.79 Å². The van der Waals surface area contributed by atoms with Crippen molar-refractivity contribution in [1.82, 2.24) is 4.90 Å². The number of nitrogens with two attached hydrogens (primary N) is 1. The number of benzene rings is 1. The molecule has 3 N–H and O–H groups in total. The first-order valence-corrected chi connectivity index (χ1v) is 7.49. The summed E-state index contributed by atoms with van der Waals surface area (Å²) < 4.78 is 0. The summed E-state index contributed by atoms with van der Waals surface area (Å²) in [5.74, 6) is -1.73. The van der Waals surface area contributed by atoms with Gasteiger partial charge in [-0.25, -0.2) is 0 Å². The van der Waals surface area contributed by atoms with Gasteiger partial charge in [-0.1, -0.05) is 29.3 Å². The van der Waals surface area contributed by atoms with Gasteiger partial charge in [-0.2, -0.15) is 0 Å². The Bertz CT molecular complexity index is 538. The van der Waals surface area contributed by atoms with E-state index in [4.69, 9.17) is 23.2 Å². The van der Waals surface area contributed by atoms with Gasteiger partial charge in [-0.15, -0.1) is 0 Å². The average molecular weight is 348 g/mol. The lowest BCUT2D eigenvalue weighted by molar-refractivity contribution is -0.681. The number of carbonyl (C=O) groups is 2. The van der Waals surface area contributed by atoms with Crippen LogP contribution < -0.4 is 15.7 Å². The number of carbonyl (C=O) groups excluding carboxylic acids is 2. The third-order valence-electron chi connectivity index (χ3n) is 2.96. The van der Waals surface area contributed by atoms with E-state index < -0.39 is 17.9 Å². The monoisotopic (exact) mass is 347 g/mol. The number of amides is 1. The van der Waals surface area contributed by atoms with Crippen molar-refractivity contribution in [2.24, 2.45) is 0 Å². The lowest BCUT2D eigenvalue weighted by Crippen LogP contribution is -2.94. The molecule has 0 heterocycles. The minimum Gasteiger partial charge on any atom is -0.544 e. The second kappa shape index (κ2) is 8.95. The molecule has 0 unspecified atom stereocenters. The summed E-state index contributed by atoms with van der Waals surface area (Å²) in [6.45, 7) is 1.25. The van der Waals surface area contributed by atoms with Gasteiger partial charge in [0.05, 0.1) is 34.7 Å². The summed E-state index contributed by atoms with van der Waals surface area (Å²) in [5, 5.41) is 15.8. The van der Waals surface area contributed by atoms with Crippen LogP contribution in [-0.4, -0.2) is 50.0 Å². The number of rotatable bonds is 8. The minimum absolute atomic E-state index is 0.210. The molecule has 1 aromatic rings. The van der Waals surface area contributed by atoms with Crippen LogP contribution in [0.25, 0.3) is 0 Å². The Hall–Kier alpha value is -1.34. The smallest absolute Gasteiger partial charge is 0.230 e. The van der Waals surface area contributed by atoms with Crippen LogP contribution in [0.5, 0.6) is 0 Å². The van der Waals surface area contributed by atoms with E-state index in [-0.39, 0.29) is 11.4 Å². The highest BCUT2D eigenvalue weighted by molar-refractivity contribution is 6.43. The van der Waals surface area contributed by atoms with Gasteiger partial charge >= 0.3 is 0 Å². The third-order valence-corrected chi connectivity index (χ3v) is 3.78. The normalized spacial score (nSPS) is 12.2. The van der Waals surface area contributed by atoms with Crippen LogP contribution in [-0.2, 0) is 9.59 Å². The first-order valence-electron chi connectivity index (χ1n) is 6.74. The number of nitrogens with one attached hydrogen (secondary N) is 1. The summed E-state index contributed by atoms with van der Waals surface area (Å²) in [5.41, 5.74) is 0.351. The fourth-order valence-corrected chi connectivity index (χ4v) is 2.15. The lowest BCUT2D eigenvalue weighted by atomic mass is 10.2. The fraction of sp³-hybridized carbons (Fsp3) is 0.429. The summed E-state index contributed by atoms with van der Waals surface area (Å²) in [6, 6.07) is 3.88. The van der Waals surface area contributed by atoms with Crippen molar-refractivity contribution in [1.29, 1.82) is 0 Å². The maximum atomic E-state index is 12.0. The second-order valence-corrected chi connectivity index (χ2v) is 5.89. The Labute approximate surface area is 139 Å². The zero-order valence-electron chi connectivity index (χ0n) is 12.4. The zero-order valence-corrected chi connectivity index (χ0v) is 13.9. The fourth-order valence-electron chi connectivity index (χ4n) is 1.80. The van der Waals surface area contributed by atoms with Gasteiger partial charge in [0.2, 0.25) is 5.91 Å². The van der Waals surface area contributed by atoms with Crippen LogP contribution in [0.15, 0.2) is 18.2 Å². The molecule has 0 radical (unpaired) electrons. The number of anilines is 1. The standard InChI is InChI=1S/C14H19Cl2N3O3/c1-19(2)7-6-17-11(14(21)22)8-12(20)18-10-5-3-4-9(15)13(10)16/h3-5,11,17H,6-8H2,1-2H3,(H,18,20)(H,21,22)/t11-/m0/s1. The molecule has 0 saturated carbocycles. The van der Waals surface area contributed by atoms with E-state index in [9.17, 15) is 14.7 Å². The van der Waals surface area contributed by atoms with Gasteiger partial charge in [-0.05, 0) is 26.2 Å². The molecule has 1 amide bonds. The van der Waals surface area contributed by atoms with E-state index in [1.54, 1.807) is 23.5 Å². The number of halogens is 2. The predicted molar refractivity (Wildman–Crippen MR) is 83.9 cm³/mol. The first kappa shape index (κ1) is 18.7. The summed E-state index contributed by atoms with van der Waals surface area (Å²) in [7, 11) is 3.77. The van der Waals surface area contributed by atoms with Crippen LogP contribution in [0.4, 0.5) is 5.69 Å². The Morgan fingerprint density at radius 3 is 2.64 bits per heavy atom. The van der Waals surface area contributed by atoms with Gasteiger partial charge in [0.15, 0.2) is 0 Å². The quantitative estimate of drug-likeness (QED) is 0.667. The predicted octanol–water partition coefficient (Wildman–Crippen LogP) is -0.434. The van der Waals surface area contributed by atoms with Gasteiger partial charge in [0, 0.05) is 6.54 Å². The van der Waals surface area contributed by atoms with Gasteiger partial charge < -0.3 is 25.4 Å². The average Bonchev–Trinajstić information content (AvgIpc) is 2.42. The van der Waals surface area contributed by atoms with Gasteiger partial charge in [0.1, 0.15) is 6.04 Å². The van der Waals surface area contributed by atoms with E-state index in [0.29, 0.717) is 23.8 Å². The first-order chi connectivity index (χ1) is 10.3. The van der Waals surface area contributed by atoms with Crippen LogP contribution in [0.1, 0.15) is 6.42 Å². The molecule has 1 aromatic carbocycles. The molecule has 0 bridgehead atoms. The highest BCUT2D eigenvalue weighted by Crippen LogP contribution is 2.29. The molecular weight excluding hydrogens is 329 g/mol. The van der Waals surface area contributed by atoms with Crippen LogP contribution in [0.3, 0.4) is 0 Å². The second-order valence-electron chi connectivity index (χ2n) is 5.11. The van der Waals surface area contributed by atoms with E-state index in [0.717, 1.165) is 0 Å². The molecule has 0 aliphatic heterocycles. The molecule has 0 aliphatic rings. The number of quaternary nitrogens is 1. The zero-order chi connectivity index (χ0) is 16.7. The number of hydrogen-bond acceptors (Lipinski definition) is 4. The molecule has 6 nitrogen and oxygen atoms in total. The number of hydrogen-bond donors (Lipinski definition) is 2. The number of carboxylic acids is 1. The molecule has 22 heavy (non-hydrogen) atoms. The molecule has 122 valence electrons. The Kier molecular flexibility index (Phi) is 7.61. The van der Waals surface area contributed by atoms with Crippen molar-refractivity contribution in [3.8, 4) is 0 Å². The summed E-state index contributed by atoms with van der Waals surface area (Å²) in [6.07, 6.45) is -0.210. The molecular formula is C14H19Cl2N3O3. The molecule has 8 heteroatoms. The Balaban J connectivity index is 2.60. The van der Waals surface area contributed by atoms with Crippen molar-refractivity contribution in [2.75, 3.05) is 32.5 Å². The number of likely N-dealkylation sites (N-methyl/N-ethyl adjacent to an activating group) is 1. The van der Waals surface area contributed by atoms with Crippen molar-refractivity contribution < 1.29 is 20.0 Å². The highest BCUT2D eigenvalue weighted by Gasteiger charge is 2.19. The largest absolute Gasteiger partial charge is 0.544 e. The van der Waals surface area contributed by atoms with Crippen molar-refractivity contribution in [3.05, 3.63) is 28.2 Å². The van der Waals surface area contributed by atoms with E-state index >= 15 is 0 Å². The summed E-state index contributed by atoms with van der Waals surface area (Å²) in [4.78, 5) is 25.0.